The third-order valence-corrected chi connectivity index (χ3v) is 6.83. The van der Waals surface area contributed by atoms with Gasteiger partial charge in [-0.25, -0.2) is 15.0 Å². The molecule has 3 aromatic heterocycles. The van der Waals surface area contributed by atoms with Crippen molar-refractivity contribution in [3.8, 4) is 11.3 Å². The number of fused-ring (bicyclic) bond motifs is 5. The molecule has 1 aromatic carbocycles. The Bertz CT molecular complexity index is 1090. The molecule has 1 aliphatic rings. The van der Waals surface area contributed by atoms with E-state index < -0.39 is 0 Å². The molecule has 3 nitrogen and oxygen atoms in total. The Hall–Kier alpha value is -1.98. The molecular weight excluding hydrogens is 346 g/mol. The van der Waals surface area contributed by atoms with Crippen LogP contribution in [0.2, 0.25) is 0 Å². The molecule has 0 amide bonds. The van der Waals surface area contributed by atoms with Crippen LogP contribution in [-0.2, 0) is 12.8 Å². The number of nitrogens with zero attached hydrogens (tertiary/aromatic N) is 3. The van der Waals surface area contributed by atoms with Gasteiger partial charge in [0.1, 0.15) is 16.2 Å². The van der Waals surface area contributed by atoms with Crippen molar-refractivity contribution in [2.45, 2.75) is 30.7 Å². The predicted molar refractivity (Wildman–Crippen MR) is 107 cm³/mol. The van der Waals surface area contributed by atoms with Crippen LogP contribution in [0.3, 0.4) is 0 Å². The van der Waals surface area contributed by atoms with Gasteiger partial charge in [-0.3, -0.25) is 0 Å². The average molecular weight is 364 g/mol. The first-order valence-electron chi connectivity index (χ1n) is 8.55. The van der Waals surface area contributed by atoms with E-state index in [0.717, 1.165) is 33.9 Å². The number of thioether (sulfide) groups is 1. The number of rotatable bonds is 2. The van der Waals surface area contributed by atoms with Crippen molar-refractivity contribution >= 4 is 43.5 Å². The fourth-order valence-electron chi connectivity index (χ4n) is 3.82. The molecule has 3 heterocycles. The van der Waals surface area contributed by atoms with Crippen molar-refractivity contribution in [1.82, 2.24) is 15.0 Å². The van der Waals surface area contributed by atoms with Crippen LogP contribution in [0.1, 0.15) is 24.0 Å². The summed E-state index contributed by atoms with van der Waals surface area (Å²) >= 11 is 3.42. The first kappa shape index (κ1) is 15.3. The normalized spacial score (nSPS) is 14.1. The number of hydrogen-bond acceptors (Lipinski definition) is 5. The maximum absolute atomic E-state index is 5.11. The zero-order chi connectivity index (χ0) is 16.8. The number of hydrogen-bond donors (Lipinski definition) is 0. The van der Waals surface area contributed by atoms with Gasteiger partial charge in [0, 0.05) is 10.9 Å². The standard InChI is InChI=1S/C20H17N3S2/c1-24-20-18-17(21-11-22-20)15-13-9-5-6-10-14(13)16(23-19(15)25-18)12-7-3-2-4-8-12/h2-4,7-8,11H,5-6,9-10H2,1H3. The minimum Gasteiger partial charge on any atom is -0.236 e. The first-order chi connectivity index (χ1) is 12.4. The summed E-state index contributed by atoms with van der Waals surface area (Å²) in [6.45, 7) is 0. The lowest BCUT2D eigenvalue weighted by Gasteiger charge is -2.20. The summed E-state index contributed by atoms with van der Waals surface area (Å²) in [5, 5.41) is 2.32. The van der Waals surface area contributed by atoms with Crippen LogP contribution in [0.5, 0.6) is 0 Å². The molecule has 124 valence electrons. The van der Waals surface area contributed by atoms with Crippen molar-refractivity contribution < 1.29 is 0 Å². The fourth-order valence-corrected chi connectivity index (χ4v) is 5.67. The highest BCUT2D eigenvalue weighted by Crippen LogP contribution is 2.42. The van der Waals surface area contributed by atoms with Crippen LogP contribution in [0, 0.1) is 0 Å². The molecule has 0 radical (unpaired) electrons. The minimum atomic E-state index is 1.05. The Kier molecular flexibility index (Phi) is 3.71. The maximum atomic E-state index is 5.11. The molecule has 0 fully saturated rings. The predicted octanol–water partition coefficient (Wildman–Crippen LogP) is 5.51. The minimum absolute atomic E-state index is 1.05. The van der Waals surface area contributed by atoms with Crippen molar-refractivity contribution in [3.63, 3.8) is 0 Å². The molecule has 25 heavy (non-hydrogen) atoms. The van der Waals surface area contributed by atoms with Crippen molar-refractivity contribution in [2.24, 2.45) is 0 Å². The monoisotopic (exact) mass is 363 g/mol. The lowest BCUT2D eigenvalue weighted by Crippen LogP contribution is -2.07. The molecule has 0 unspecified atom stereocenters. The summed E-state index contributed by atoms with van der Waals surface area (Å²) in [6, 6.07) is 10.6. The molecule has 0 saturated heterocycles. The van der Waals surface area contributed by atoms with E-state index in [9.17, 15) is 0 Å². The Labute approximate surface area is 154 Å². The van der Waals surface area contributed by atoms with Gasteiger partial charge in [0.05, 0.1) is 15.9 Å². The second-order valence-electron chi connectivity index (χ2n) is 6.33. The molecule has 0 saturated carbocycles. The zero-order valence-electron chi connectivity index (χ0n) is 14.0. The molecule has 0 aliphatic heterocycles. The highest BCUT2D eigenvalue weighted by atomic mass is 32.2. The number of pyridine rings is 1. The van der Waals surface area contributed by atoms with Crippen LogP contribution >= 0.6 is 23.1 Å². The van der Waals surface area contributed by atoms with E-state index in [1.165, 1.54) is 39.6 Å². The van der Waals surface area contributed by atoms with E-state index in [-0.39, 0.29) is 0 Å². The summed E-state index contributed by atoms with van der Waals surface area (Å²) in [7, 11) is 0. The van der Waals surface area contributed by atoms with Gasteiger partial charge < -0.3 is 0 Å². The third-order valence-electron chi connectivity index (χ3n) is 4.93. The first-order valence-corrected chi connectivity index (χ1v) is 10.6. The van der Waals surface area contributed by atoms with Crippen LogP contribution in [-0.4, -0.2) is 21.2 Å². The number of aromatic nitrogens is 3. The van der Waals surface area contributed by atoms with E-state index in [2.05, 4.69) is 46.6 Å². The van der Waals surface area contributed by atoms with Crippen molar-refractivity contribution in [1.29, 1.82) is 0 Å². The van der Waals surface area contributed by atoms with Gasteiger partial charge >= 0.3 is 0 Å². The highest BCUT2D eigenvalue weighted by Gasteiger charge is 2.23. The molecule has 0 spiro atoms. The Balaban J connectivity index is 1.91. The lowest BCUT2D eigenvalue weighted by molar-refractivity contribution is 0.689. The maximum Gasteiger partial charge on any atom is 0.127 e. The summed E-state index contributed by atoms with van der Waals surface area (Å²) < 4.78 is 1.18. The van der Waals surface area contributed by atoms with Crippen molar-refractivity contribution in [3.05, 3.63) is 47.8 Å². The Morgan fingerprint density at radius 1 is 1.00 bits per heavy atom. The Morgan fingerprint density at radius 3 is 2.60 bits per heavy atom. The average Bonchev–Trinajstić information content (AvgIpc) is 3.07. The smallest absolute Gasteiger partial charge is 0.127 e. The largest absolute Gasteiger partial charge is 0.236 e. The van der Waals surface area contributed by atoms with Crippen LogP contribution in [0.25, 0.3) is 31.7 Å². The van der Waals surface area contributed by atoms with E-state index in [0.29, 0.717) is 0 Å². The summed E-state index contributed by atoms with van der Waals surface area (Å²) in [4.78, 5) is 15.3. The van der Waals surface area contributed by atoms with Gasteiger partial charge in [0.25, 0.3) is 0 Å². The SMILES string of the molecule is CSc1ncnc2c1sc1nc(-c3ccccc3)c3c(c12)CCCC3. The quantitative estimate of drug-likeness (QED) is 0.348. The molecule has 0 atom stereocenters. The second kappa shape index (κ2) is 6.07. The van der Waals surface area contributed by atoms with Gasteiger partial charge in [-0.2, -0.15) is 0 Å². The van der Waals surface area contributed by atoms with Gasteiger partial charge in [0.15, 0.2) is 0 Å². The number of benzene rings is 1. The Morgan fingerprint density at radius 2 is 1.80 bits per heavy atom. The molecule has 5 rings (SSSR count). The van der Waals surface area contributed by atoms with Gasteiger partial charge in [-0.05, 0) is 43.1 Å². The van der Waals surface area contributed by atoms with Crippen LogP contribution < -0.4 is 0 Å². The van der Waals surface area contributed by atoms with Gasteiger partial charge in [-0.1, -0.05) is 30.3 Å². The van der Waals surface area contributed by atoms with Gasteiger partial charge in [-0.15, -0.1) is 23.1 Å². The van der Waals surface area contributed by atoms with E-state index in [4.69, 9.17) is 4.98 Å². The number of thiophene rings is 1. The summed E-state index contributed by atoms with van der Waals surface area (Å²) in [6.07, 6.45) is 8.50. The van der Waals surface area contributed by atoms with Gasteiger partial charge in [0.2, 0.25) is 0 Å². The number of aryl methyl sites for hydroxylation is 1. The van der Waals surface area contributed by atoms with Crippen LogP contribution in [0.15, 0.2) is 41.7 Å². The van der Waals surface area contributed by atoms with E-state index in [1.54, 1.807) is 29.4 Å². The topological polar surface area (TPSA) is 38.7 Å². The molecule has 1 aliphatic carbocycles. The summed E-state index contributed by atoms with van der Waals surface area (Å²) in [5.74, 6) is 0. The molecule has 4 aromatic rings. The highest BCUT2D eigenvalue weighted by molar-refractivity contribution is 7.98. The van der Waals surface area contributed by atoms with Crippen LogP contribution in [0.4, 0.5) is 0 Å². The van der Waals surface area contributed by atoms with E-state index in [1.807, 2.05) is 0 Å². The second-order valence-corrected chi connectivity index (χ2v) is 8.13. The van der Waals surface area contributed by atoms with E-state index >= 15 is 0 Å². The third kappa shape index (κ3) is 2.37. The molecule has 0 bridgehead atoms. The van der Waals surface area contributed by atoms with Crippen molar-refractivity contribution in [2.75, 3.05) is 6.26 Å². The zero-order valence-corrected chi connectivity index (χ0v) is 15.6. The summed E-state index contributed by atoms with van der Waals surface area (Å²) in [5.41, 5.74) is 6.36. The molecule has 0 N–H and O–H groups in total. The lowest BCUT2D eigenvalue weighted by atomic mass is 9.87. The fraction of sp³-hybridized carbons (Fsp3) is 0.250. The molecular formula is C20H17N3S2. The molecule has 5 heteroatoms.